The van der Waals surface area contributed by atoms with Crippen LogP contribution in [0.3, 0.4) is 0 Å². The standard InChI is InChI=1S/C22H24ClN5O3S/c1-4-31-18-11-9-17(10-12-18)25-19(29)13-32-22-27-26-20(28(22)3)14(2)24-21(30)15-5-7-16(23)8-6-15/h5-12,14H,4,13H2,1-3H3,(H,24,30)(H,25,29)/t14-/m0/s1. The summed E-state index contributed by atoms with van der Waals surface area (Å²) in [7, 11) is 1.80. The molecule has 10 heteroatoms. The lowest BCUT2D eigenvalue weighted by Crippen LogP contribution is -2.28. The zero-order valence-corrected chi connectivity index (χ0v) is 19.5. The Kier molecular flexibility index (Phi) is 8.13. The summed E-state index contributed by atoms with van der Waals surface area (Å²) in [5.41, 5.74) is 1.19. The molecule has 0 fully saturated rings. The SMILES string of the molecule is CCOc1ccc(NC(=O)CSc2nnc([C@H](C)NC(=O)c3ccc(Cl)cc3)n2C)cc1. The molecule has 0 aliphatic rings. The number of benzene rings is 2. The van der Waals surface area contributed by atoms with Gasteiger partial charge in [-0.2, -0.15) is 0 Å². The van der Waals surface area contributed by atoms with Crippen LogP contribution in [-0.2, 0) is 11.8 Å². The van der Waals surface area contributed by atoms with Crippen LogP contribution in [0, 0.1) is 0 Å². The number of carbonyl (C=O) groups excluding carboxylic acids is 2. The number of nitrogens with one attached hydrogen (secondary N) is 2. The summed E-state index contributed by atoms with van der Waals surface area (Å²) >= 11 is 7.13. The van der Waals surface area contributed by atoms with Gasteiger partial charge in [0, 0.05) is 23.3 Å². The smallest absolute Gasteiger partial charge is 0.251 e. The van der Waals surface area contributed by atoms with Crippen LogP contribution in [0.5, 0.6) is 5.75 Å². The highest BCUT2D eigenvalue weighted by Crippen LogP contribution is 2.21. The maximum Gasteiger partial charge on any atom is 0.251 e. The normalized spacial score (nSPS) is 11.6. The molecule has 168 valence electrons. The Morgan fingerprint density at radius 2 is 1.81 bits per heavy atom. The Balaban J connectivity index is 1.54. The molecule has 2 amide bonds. The Bertz CT molecular complexity index is 1070. The molecule has 8 nitrogen and oxygen atoms in total. The highest BCUT2D eigenvalue weighted by atomic mass is 35.5. The van der Waals surface area contributed by atoms with Crippen molar-refractivity contribution in [2.45, 2.75) is 25.0 Å². The highest BCUT2D eigenvalue weighted by molar-refractivity contribution is 7.99. The number of halogens is 1. The Labute approximate surface area is 195 Å². The maximum atomic E-state index is 12.4. The van der Waals surface area contributed by atoms with Gasteiger partial charge in [-0.05, 0) is 62.4 Å². The third-order valence-corrected chi connectivity index (χ3v) is 5.76. The van der Waals surface area contributed by atoms with Gasteiger partial charge in [-0.25, -0.2) is 0 Å². The van der Waals surface area contributed by atoms with E-state index in [0.717, 1.165) is 5.75 Å². The number of hydrogen-bond donors (Lipinski definition) is 2. The van der Waals surface area contributed by atoms with E-state index in [0.29, 0.717) is 33.9 Å². The van der Waals surface area contributed by atoms with Crippen molar-refractivity contribution >= 4 is 40.9 Å². The molecule has 0 aliphatic heterocycles. The number of amides is 2. The number of carbonyl (C=O) groups is 2. The van der Waals surface area contributed by atoms with Gasteiger partial charge in [-0.15, -0.1) is 10.2 Å². The minimum Gasteiger partial charge on any atom is -0.494 e. The van der Waals surface area contributed by atoms with E-state index in [9.17, 15) is 9.59 Å². The molecule has 0 radical (unpaired) electrons. The number of aromatic nitrogens is 3. The van der Waals surface area contributed by atoms with Crippen LogP contribution < -0.4 is 15.4 Å². The van der Waals surface area contributed by atoms with Gasteiger partial charge in [-0.3, -0.25) is 9.59 Å². The number of thioether (sulfide) groups is 1. The molecule has 32 heavy (non-hydrogen) atoms. The van der Waals surface area contributed by atoms with Gasteiger partial charge in [0.05, 0.1) is 18.4 Å². The summed E-state index contributed by atoms with van der Waals surface area (Å²) in [6, 6.07) is 13.5. The predicted molar refractivity (Wildman–Crippen MR) is 125 cm³/mol. The second-order valence-corrected chi connectivity index (χ2v) is 8.28. The molecule has 0 aliphatic carbocycles. The van der Waals surface area contributed by atoms with Gasteiger partial charge >= 0.3 is 0 Å². The van der Waals surface area contributed by atoms with Crippen molar-refractivity contribution < 1.29 is 14.3 Å². The molecule has 1 atom stereocenters. The third-order valence-electron chi connectivity index (χ3n) is 4.49. The van der Waals surface area contributed by atoms with Crippen LogP contribution >= 0.6 is 23.4 Å². The lowest BCUT2D eigenvalue weighted by molar-refractivity contribution is -0.113. The third kappa shape index (κ3) is 6.24. The first-order valence-corrected chi connectivity index (χ1v) is 11.3. The lowest BCUT2D eigenvalue weighted by atomic mass is 10.2. The Morgan fingerprint density at radius 1 is 1.12 bits per heavy atom. The van der Waals surface area contributed by atoms with Crippen LogP contribution in [0.25, 0.3) is 0 Å². The quantitative estimate of drug-likeness (QED) is 0.454. The second kappa shape index (κ2) is 11.0. The molecule has 0 spiro atoms. The van der Waals surface area contributed by atoms with Crippen molar-refractivity contribution in [3.05, 3.63) is 64.9 Å². The first-order valence-electron chi connectivity index (χ1n) is 9.98. The molecule has 1 aromatic heterocycles. The molecular weight excluding hydrogens is 450 g/mol. The van der Waals surface area contributed by atoms with Gasteiger partial charge in [0.1, 0.15) is 5.75 Å². The highest BCUT2D eigenvalue weighted by Gasteiger charge is 2.19. The molecule has 1 heterocycles. The fraction of sp³-hybridized carbons (Fsp3) is 0.273. The number of ether oxygens (including phenoxy) is 1. The van der Waals surface area contributed by atoms with Crippen LogP contribution in [0.4, 0.5) is 5.69 Å². The molecule has 0 saturated heterocycles. The summed E-state index contributed by atoms with van der Waals surface area (Å²) < 4.78 is 7.16. The van der Waals surface area contributed by atoms with E-state index in [2.05, 4.69) is 20.8 Å². The Morgan fingerprint density at radius 3 is 2.47 bits per heavy atom. The van der Waals surface area contributed by atoms with Gasteiger partial charge < -0.3 is 19.9 Å². The van der Waals surface area contributed by atoms with E-state index in [1.807, 2.05) is 13.8 Å². The van der Waals surface area contributed by atoms with E-state index >= 15 is 0 Å². The molecular formula is C22H24ClN5O3S. The molecule has 2 aromatic carbocycles. The molecule has 0 unspecified atom stereocenters. The summed E-state index contributed by atoms with van der Waals surface area (Å²) in [6.07, 6.45) is 0. The van der Waals surface area contributed by atoms with Crippen molar-refractivity contribution in [2.75, 3.05) is 17.7 Å². The number of anilines is 1. The number of hydrogen-bond acceptors (Lipinski definition) is 6. The first-order chi connectivity index (χ1) is 15.4. The molecule has 3 rings (SSSR count). The zero-order chi connectivity index (χ0) is 23.1. The van der Waals surface area contributed by atoms with E-state index in [-0.39, 0.29) is 23.6 Å². The van der Waals surface area contributed by atoms with Crippen LogP contribution in [0.1, 0.15) is 36.1 Å². The first kappa shape index (κ1) is 23.6. The molecule has 0 bridgehead atoms. The molecule has 2 N–H and O–H groups in total. The average molecular weight is 474 g/mol. The largest absolute Gasteiger partial charge is 0.494 e. The zero-order valence-electron chi connectivity index (χ0n) is 18.0. The monoisotopic (exact) mass is 473 g/mol. The summed E-state index contributed by atoms with van der Waals surface area (Å²) in [5, 5.41) is 15.2. The van der Waals surface area contributed by atoms with Gasteiger partial charge in [0.15, 0.2) is 11.0 Å². The lowest BCUT2D eigenvalue weighted by Gasteiger charge is -2.13. The van der Waals surface area contributed by atoms with Crippen molar-refractivity contribution in [3.8, 4) is 5.75 Å². The summed E-state index contributed by atoms with van der Waals surface area (Å²) in [5.74, 6) is 1.12. The van der Waals surface area contributed by atoms with E-state index in [1.165, 1.54) is 11.8 Å². The topological polar surface area (TPSA) is 98.1 Å². The summed E-state index contributed by atoms with van der Waals surface area (Å²) in [4.78, 5) is 24.7. The van der Waals surface area contributed by atoms with Crippen LogP contribution in [-0.4, -0.2) is 38.9 Å². The van der Waals surface area contributed by atoms with Crippen molar-refractivity contribution in [2.24, 2.45) is 7.05 Å². The second-order valence-electron chi connectivity index (χ2n) is 6.90. The maximum absolute atomic E-state index is 12.4. The van der Waals surface area contributed by atoms with E-state index in [1.54, 1.807) is 60.1 Å². The molecule has 3 aromatic rings. The fourth-order valence-electron chi connectivity index (χ4n) is 2.90. The number of nitrogens with zero attached hydrogens (tertiary/aromatic N) is 3. The Hall–Kier alpha value is -3.04. The van der Waals surface area contributed by atoms with Gasteiger partial charge in [-0.1, -0.05) is 23.4 Å². The predicted octanol–water partition coefficient (Wildman–Crippen LogP) is 4.09. The average Bonchev–Trinajstić information content (AvgIpc) is 3.14. The minimum absolute atomic E-state index is 0.159. The van der Waals surface area contributed by atoms with Crippen molar-refractivity contribution in [1.29, 1.82) is 0 Å². The van der Waals surface area contributed by atoms with E-state index in [4.69, 9.17) is 16.3 Å². The van der Waals surface area contributed by atoms with Gasteiger partial charge in [0.25, 0.3) is 5.91 Å². The van der Waals surface area contributed by atoms with Gasteiger partial charge in [0.2, 0.25) is 5.91 Å². The van der Waals surface area contributed by atoms with Crippen molar-refractivity contribution in [1.82, 2.24) is 20.1 Å². The number of rotatable bonds is 9. The summed E-state index contributed by atoms with van der Waals surface area (Å²) in [6.45, 7) is 4.33. The van der Waals surface area contributed by atoms with Crippen LogP contribution in [0.2, 0.25) is 5.02 Å². The minimum atomic E-state index is -0.372. The van der Waals surface area contributed by atoms with Crippen LogP contribution in [0.15, 0.2) is 53.7 Å². The van der Waals surface area contributed by atoms with E-state index < -0.39 is 0 Å². The fourth-order valence-corrected chi connectivity index (χ4v) is 3.75. The van der Waals surface area contributed by atoms with Crippen molar-refractivity contribution in [3.63, 3.8) is 0 Å². The molecule has 0 saturated carbocycles.